The molecule has 0 aliphatic carbocycles. The Morgan fingerprint density at radius 2 is 1.81 bits per heavy atom. The van der Waals surface area contributed by atoms with Crippen LogP contribution in [0.5, 0.6) is 0 Å². The maximum Gasteiger partial charge on any atom is 0.227 e. The van der Waals surface area contributed by atoms with Gasteiger partial charge in [-0.1, -0.05) is 26.0 Å². The molecule has 5 heteroatoms. The fraction of sp³-hybridized carbons (Fsp3) is 0.375. The summed E-state index contributed by atoms with van der Waals surface area (Å²) in [6.45, 7) is 6.09. The first kappa shape index (κ1) is 15.2. The Balaban J connectivity index is 2.18. The molecular formula is C16H21FN4. The van der Waals surface area contributed by atoms with E-state index in [1.54, 1.807) is 30.5 Å². The number of anilines is 3. The van der Waals surface area contributed by atoms with Crippen molar-refractivity contribution in [3.8, 4) is 0 Å². The van der Waals surface area contributed by atoms with Crippen LogP contribution in [0.25, 0.3) is 0 Å². The van der Waals surface area contributed by atoms with Crippen LogP contribution in [0.15, 0.2) is 36.5 Å². The third-order valence-corrected chi connectivity index (χ3v) is 3.05. The van der Waals surface area contributed by atoms with Crippen molar-refractivity contribution in [2.45, 2.75) is 26.7 Å². The molecule has 0 spiro atoms. The van der Waals surface area contributed by atoms with E-state index in [2.05, 4.69) is 34.0 Å². The second kappa shape index (κ2) is 7.57. The number of nitrogens with one attached hydrogen (secondary N) is 1. The third kappa shape index (κ3) is 4.15. The molecule has 0 amide bonds. The highest BCUT2D eigenvalue weighted by Gasteiger charge is 2.09. The van der Waals surface area contributed by atoms with Crippen LogP contribution in [-0.2, 0) is 0 Å². The first-order valence-electron chi connectivity index (χ1n) is 7.34. The number of nitrogens with zero attached hydrogens (tertiary/aromatic N) is 3. The Morgan fingerprint density at radius 3 is 2.48 bits per heavy atom. The van der Waals surface area contributed by atoms with Gasteiger partial charge in [0.2, 0.25) is 5.95 Å². The van der Waals surface area contributed by atoms with Gasteiger partial charge in [0.05, 0.1) is 5.69 Å². The second-order valence-electron chi connectivity index (χ2n) is 4.83. The maximum absolute atomic E-state index is 13.7. The first-order valence-corrected chi connectivity index (χ1v) is 7.34. The third-order valence-electron chi connectivity index (χ3n) is 3.05. The van der Waals surface area contributed by atoms with E-state index in [-0.39, 0.29) is 5.82 Å². The van der Waals surface area contributed by atoms with Crippen LogP contribution in [0.2, 0.25) is 0 Å². The van der Waals surface area contributed by atoms with Crippen molar-refractivity contribution in [3.63, 3.8) is 0 Å². The molecule has 112 valence electrons. The Hall–Kier alpha value is -2.17. The summed E-state index contributed by atoms with van der Waals surface area (Å²) < 4.78 is 13.7. The predicted octanol–water partition coefficient (Wildman–Crippen LogP) is 3.99. The number of para-hydroxylation sites is 1. The molecular weight excluding hydrogens is 267 g/mol. The summed E-state index contributed by atoms with van der Waals surface area (Å²) in [7, 11) is 0. The minimum atomic E-state index is -0.295. The molecule has 1 aromatic heterocycles. The number of hydrogen-bond acceptors (Lipinski definition) is 4. The van der Waals surface area contributed by atoms with Crippen molar-refractivity contribution in [2.24, 2.45) is 0 Å². The Bertz CT molecular complexity index is 568. The van der Waals surface area contributed by atoms with Gasteiger partial charge in [-0.15, -0.1) is 0 Å². The Labute approximate surface area is 125 Å². The molecule has 21 heavy (non-hydrogen) atoms. The highest BCUT2D eigenvalue weighted by atomic mass is 19.1. The molecule has 4 nitrogen and oxygen atoms in total. The van der Waals surface area contributed by atoms with E-state index >= 15 is 0 Å². The van der Waals surface area contributed by atoms with Gasteiger partial charge in [-0.25, -0.2) is 9.37 Å². The lowest BCUT2D eigenvalue weighted by atomic mass is 10.3. The Kier molecular flexibility index (Phi) is 5.49. The molecule has 1 aromatic carbocycles. The van der Waals surface area contributed by atoms with Crippen LogP contribution in [-0.4, -0.2) is 23.1 Å². The largest absolute Gasteiger partial charge is 0.341 e. The van der Waals surface area contributed by atoms with Gasteiger partial charge < -0.3 is 10.2 Å². The number of benzene rings is 1. The van der Waals surface area contributed by atoms with Crippen molar-refractivity contribution in [1.82, 2.24) is 9.97 Å². The molecule has 1 N–H and O–H groups in total. The minimum Gasteiger partial charge on any atom is -0.341 e. The lowest BCUT2D eigenvalue weighted by molar-refractivity contribution is 0.631. The van der Waals surface area contributed by atoms with E-state index in [1.165, 1.54) is 6.07 Å². The van der Waals surface area contributed by atoms with E-state index in [1.807, 2.05) is 0 Å². The molecule has 0 bridgehead atoms. The van der Waals surface area contributed by atoms with E-state index in [0.29, 0.717) is 17.5 Å². The van der Waals surface area contributed by atoms with E-state index in [0.717, 1.165) is 25.9 Å². The SMILES string of the molecule is CCCN(CCC)c1nccc(Nc2ccccc2F)n1. The number of aromatic nitrogens is 2. The van der Waals surface area contributed by atoms with E-state index in [4.69, 9.17) is 0 Å². The monoisotopic (exact) mass is 288 g/mol. The zero-order chi connectivity index (χ0) is 15.1. The highest BCUT2D eigenvalue weighted by Crippen LogP contribution is 2.19. The van der Waals surface area contributed by atoms with Crippen LogP contribution < -0.4 is 10.2 Å². The summed E-state index contributed by atoms with van der Waals surface area (Å²) in [5.74, 6) is 0.985. The second-order valence-corrected chi connectivity index (χ2v) is 4.83. The number of hydrogen-bond donors (Lipinski definition) is 1. The van der Waals surface area contributed by atoms with Crippen LogP contribution in [0.1, 0.15) is 26.7 Å². The van der Waals surface area contributed by atoms with Gasteiger partial charge in [0.1, 0.15) is 11.6 Å². The average molecular weight is 288 g/mol. The fourth-order valence-electron chi connectivity index (χ4n) is 2.12. The summed E-state index contributed by atoms with van der Waals surface area (Å²) in [5.41, 5.74) is 0.416. The summed E-state index contributed by atoms with van der Waals surface area (Å²) >= 11 is 0. The average Bonchev–Trinajstić information content (AvgIpc) is 2.50. The van der Waals surface area contributed by atoms with Crippen molar-refractivity contribution < 1.29 is 4.39 Å². The Morgan fingerprint density at radius 1 is 1.10 bits per heavy atom. The quantitative estimate of drug-likeness (QED) is 0.836. The first-order chi connectivity index (χ1) is 10.2. The normalized spacial score (nSPS) is 10.4. The van der Waals surface area contributed by atoms with Crippen LogP contribution in [0.4, 0.5) is 21.8 Å². The van der Waals surface area contributed by atoms with Crippen LogP contribution in [0.3, 0.4) is 0 Å². The lowest BCUT2D eigenvalue weighted by Gasteiger charge is -2.21. The molecule has 0 aliphatic heterocycles. The van der Waals surface area contributed by atoms with Crippen LogP contribution in [0, 0.1) is 5.82 Å². The summed E-state index contributed by atoms with van der Waals surface area (Å²) in [4.78, 5) is 11.0. The van der Waals surface area contributed by atoms with Gasteiger partial charge >= 0.3 is 0 Å². The van der Waals surface area contributed by atoms with E-state index < -0.39 is 0 Å². The summed E-state index contributed by atoms with van der Waals surface area (Å²) in [5, 5.41) is 3.00. The van der Waals surface area contributed by atoms with Gasteiger partial charge in [-0.05, 0) is 31.0 Å². The standard InChI is InChI=1S/C16H21FN4/c1-3-11-21(12-4-2)16-18-10-9-15(20-16)19-14-8-6-5-7-13(14)17/h5-10H,3-4,11-12H2,1-2H3,(H,18,19,20). The van der Waals surface area contributed by atoms with Crippen molar-refractivity contribution in [2.75, 3.05) is 23.3 Å². The predicted molar refractivity (Wildman–Crippen MR) is 84.5 cm³/mol. The molecule has 2 aromatic rings. The number of rotatable bonds is 7. The van der Waals surface area contributed by atoms with Gasteiger partial charge in [0, 0.05) is 19.3 Å². The van der Waals surface area contributed by atoms with Gasteiger partial charge in [-0.3, -0.25) is 0 Å². The molecule has 0 aliphatic rings. The van der Waals surface area contributed by atoms with Gasteiger partial charge in [-0.2, -0.15) is 4.98 Å². The number of halogens is 1. The minimum absolute atomic E-state index is 0.295. The molecule has 0 saturated carbocycles. The van der Waals surface area contributed by atoms with E-state index in [9.17, 15) is 4.39 Å². The van der Waals surface area contributed by atoms with Crippen molar-refractivity contribution in [1.29, 1.82) is 0 Å². The summed E-state index contributed by atoms with van der Waals surface area (Å²) in [6, 6.07) is 8.30. The molecule has 0 saturated heterocycles. The lowest BCUT2D eigenvalue weighted by Crippen LogP contribution is -2.27. The smallest absolute Gasteiger partial charge is 0.227 e. The topological polar surface area (TPSA) is 41.1 Å². The fourth-order valence-corrected chi connectivity index (χ4v) is 2.12. The highest BCUT2D eigenvalue weighted by molar-refractivity contribution is 5.57. The zero-order valence-corrected chi connectivity index (χ0v) is 12.5. The summed E-state index contributed by atoms with van der Waals surface area (Å²) in [6.07, 6.45) is 3.77. The van der Waals surface area contributed by atoms with Crippen LogP contribution >= 0.6 is 0 Å². The van der Waals surface area contributed by atoms with Gasteiger partial charge in [0.15, 0.2) is 0 Å². The van der Waals surface area contributed by atoms with Crippen molar-refractivity contribution in [3.05, 3.63) is 42.3 Å². The van der Waals surface area contributed by atoms with Gasteiger partial charge in [0.25, 0.3) is 0 Å². The molecule has 0 radical (unpaired) electrons. The molecule has 0 atom stereocenters. The molecule has 0 unspecified atom stereocenters. The molecule has 2 rings (SSSR count). The zero-order valence-electron chi connectivity index (χ0n) is 12.5. The molecule has 1 heterocycles. The molecule has 0 fully saturated rings. The maximum atomic E-state index is 13.7. The van der Waals surface area contributed by atoms with Crippen molar-refractivity contribution >= 4 is 17.5 Å².